The maximum atomic E-state index is 13.2. The van der Waals surface area contributed by atoms with Gasteiger partial charge < -0.3 is 24.4 Å². The number of methoxy groups -OCH3 is 1. The minimum atomic E-state index is -0.279. The van der Waals surface area contributed by atoms with Gasteiger partial charge in [0.2, 0.25) is 5.95 Å². The molecule has 5 heterocycles. The molecule has 1 spiro atoms. The number of likely N-dealkylation sites (tertiary alicyclic amines) is 2. The number of nitrogens with one attached hydrogen (secondary N) is 1. The molecule has 0 unspecified atom stereocenters. The average Bonchev–Trinajstić information content (AvgIpc) is 3.50. The van der Waals surface area contributed by atoms with Gasteiger partial charge in [0.25, 0.3) is 5.91 Å². The van der Waals surface area contributed by atoms with E-state index in [-0.39, 0.29) is 17.4 Å². The summed E-state index contributed by atoms with van der Waals surface area (Å²) in [5.74, 6) is 1.34. The average molecular weight is 609 g/mol. The number of anilines is 2. The molecule has 0 bridgehead atoms. The van der Waals surface area contributed by atoms with E-state index < -0.39 is 0 Å². The van der Waals surface area contributed by atoms with Crippen molar-refractivity contribution in [2.45, 2.75) is 25.6 Å². The van der Waals surface area contributed by atoms with Crippen LogP contribution in [0.25, 0.3) is 11.1 Å². The van der Waals surface area contributed by atoms with Gasteiger partial charge in [-0.15, -0.1) is 5.10 Å². The van der Waals surface area contributed by atoms with Crippen LogP contribution in [0.1, 0.15) is 22.8 Å². The number of carbonyl (C=O) groups excluding carboxylic acids is 1. The Labute approximate surface area is 259 Å². The first-order valence-electron chi connectivity index (χ1n) is 14.7. The number of aromatic nitrogens is 6. The first-order chi connectivity index (χ1) is 21.9. The van der Waals surface area contributed by atoms with Crippen molar-refractivity contribution < 1.29 is 19.0 Å². The van der Waals surface area contributed by atoms with Crippen molar-refractivity contribution in [3.8, 4) is 28.7 Å². The van der Waals surface area contributed by atoms with Crippen molar-refractivity contribution in [3.63, 3.8) is 0 Å². The largest absolute Gasteiger partial charge is 0.495 e. The maximum Gasteiger partial charge on any atom is 0.254 e. The third-order valence-corrected chi connectivity index (χ3v) is 8.50. The molecule has 14 heteroatoms. The Bertz CT molecular complexity index is 1720. The van der Waals surface area contributed by atoms with Crippen molar-refractivity contribution in [1.29, 1.82) is 5.26 Å². The zero-order valence-electron chi connectivity index (χ0n) is 25.0. The Kier molecular flexibility index (Phi) is 7.48. The number of nitrogens with zero attached hydrogens (tertiary/aromatic N) is 9. The highest BCUT2D eigenvalue weighted by molar-refractivity contribution is 5.96. The number of tetrazole rings is 1. The van der Waals surface area contributed by atoms with Crippen LogP contribution in [-0.2, 0) is 11.3 Å². The molecule has 0 aliphatic carbocycles. The summed E-state index contributed by atoms with van der Waals surface area (Å²) in [6.07, 6.45) is 4.61. The van der Waals surface area contributed by atoms with Crippen LogP contribution in [0.4, 0.5) is 11.6 Å². The number of ether oxygens (including phenoxy) is 3. The highest BCUT2D eigenvalue weighted by Gasteiger charge is 2.55. The van der Waals surface area contributed by atoms with Crippen LogP contribution in [0, 0.1) is 16.7 Å². The predicted octanol–water partition coefficient (Wildman–Crippen LogP) is 2.38. The van der Waals surface area contributed by atoms with Gasteiger partial charge in [0, 0.05) is 55.1 Å². The lowest BCUT2D eigenvalue weighted by Crippen LogP contribution is -2.75. The maximum absolute atomic E-state index is 13.2. The van der Waals surface area contributed by atoms with Crippen LogP contribution in [-0.4, -0.2) is 105 Å². The molecule has 1 atom stereocenters. The molecule has 14 nitrogen and oxygen atoms in total. The molecule has 4 aromatic rings. The second-order valence-corrected chi connectivity index (χ2v) is 11.9. The summed E-state index contributed by atoms with van der Waals surface area (Å²) < 4.78 is 18.5. The van der Waals surface area contributed by atoms with Crippen LogP contribution in [0.2, 0.25) is 0 Å². The van der Waals surface area contributed by atoms with E-state index in [9.17, 15) is 10.1 Å². The summed E-state index contributed by atoms with van der Waals surface area (Å²) in [6.45, 7) is 7.61. The van der Waals surface area contributed by atoms with Gasteiger partial charge in [-0.2, -0.15) is 5.26 Å². The first-order valence-corrected chi connectivity index (χ1v) is 14.7. The Balaban J connectivity index is 0.984. The van der Waals surface area contributed by atoms with Gasteiger partial charge in [-0.05, 0) is 53.2 Å². The van der Waals surface area contributed by atoms with Gasteiger partial charge in [-0.3, -0.25) is 9.69 Å². The lowest BCUT2D eigenvalue weighted by molar-refractivity contribution is -0.166. The quantitative estimate of drug-likeness (QED) is 0.281. The van der Waals surface area contributed by atoms with Crippen LogP contribution in [0.5, 0.6) is 11.5 Å². The SMILES string of the molecule is COc1cc(C(=O)N2CC3(C2)CN(C2COC2)C3)ccc1Nc1ncc(-c2ccc(C#N)c(O[C@@H](C)Cn3cnnn3)c2)cn1. The molecule has 230 valence electrons. The monoisotopic (exact) mass is 608 g/mol. The van der Waals surface area contributed by atoms with Gasteiger partial charge in [0.1, 0.15) is 30.0 Å². The fourth-order valence-electron chi connectivity index (χ4n) is 6.06. The van der Waals surface area contributed by atoms with Crippen molar-refractivity contribution in [2.24, 2.45) is 5.41 Å². The fourth-order valence-corrected chi connectivity index (χ4v) is 6.06. The molecule has 1 N–H and O–H groups in total. The van der Waals surface area contributed by atoms with E-state index in [1.807, 2.05) is 17.9 Å². The number of rotatable bonds is 10. The van der Waals surface area contributed by atoms with E-state index in [2.05, 4.69) is 41.8 Å². The summed E-state index contributed by atoms with van der Waals surface area (Å²) >= 11 is 0. The molecule has 3 aliphatic heterocycles. The zero-order chi connectivity index (χ0) is 31.0. The molecule has 3 saturated heterocycles. The Hall–Kier alpha value is -5.13. The van der Waals surface area contributed by atoms with E-state index in [0.717, 1.165) is 50.5 Å². The lowest BCUT2D eigenvalue weighted by Gasteiger charge is -2.62. The van der Waals surface area contributed by atoms with Crippen molar-refractivity contribution in [3.05, 3.63) is 66.2 Å². The number of carbonyl (C=O) groups is 1. The van der Waals surface area contributed by atoms with Crippen LogP contribution >= 0.6 is 0 Å². The molecule has 3 fully saturated rings. The Morgan fingerprint density at radius 1 is 1.11 bits per heavy atom. The topological polar surface area (TPSA) is 156 Å². The van der Waals surface area contributed by atoms with Crippen molar-refractivity contribution in [2.75, 3.05) is 51.8 Å². The first kappa shape index (κ1) is 28.6. The molecule has 0 radical (unpaired) electrons. The molecule has 7 rings (SSSR count). The molecule has 1 amide bonds. The second-order valence-electron chi connectivity index (χ2n) is 11.9. The minimum absolute atomic E-state index is 0.00654. The van der Waals surface area contributed by atoms with E-state index in [4.69, 9.17) is 14.2 Å². The van der Waals surface area contributed by atoms with E-state index in [1.54, 1.807) is 54.5 Å². The molecule has 3 aliphatic rings. The summed E-state index contributed by atoms with van der Waals surface area (Å²) in [7, 11) is 1.57. The van der Waals surface area contributed by atoms with Crippen molar-refractivity contribution in [1.82, 2.24) is 40.0 Å². The zero-order valence-corrected chi connectivity index (χ0v) is 25.0. The number of benzene rings is 2. The normalized spacial score (nSPS) is 17.8. The number of amides is 1. The number of hydrogen-bond acceptors (Lipinski definition) is 12. The Morgan fingerprint density at radius 3 is 2.58 bits per heavy atom. The van der Waals surface area contributed by atoms with Crippen LogP contribution in [0.15, 0.2) is 55.1 Å². The highest BCUT2D eigenvalue weighted by atomic mass is 16.5. The molecular formula is C31H32N10O4. The smallest absolute Gasteiger partial charge is 0.254 e. The van der Waals surface area contributed by atoms with E-state index in [0.29, 0.717) is 46.8 Å². The van der Waals surface area contributed by atoms with E-state index in [1.165, 1.54) is 6.33 Å². The highest BCUT2D eigenvalue weighted by Crippen LogP contribution is 2.42. The summed E-state index contributed by atoms with van der Waals surface area (Å²) in [5, 5.41) is 23.9. The molecular weight excluding hydrogens is 576 g/mol. The fraction of sp³-hybridized carbons (Fsp3) is 0.387. The molecule has 45 heavy (non-hydrogen) atoms. The summed E-state index contributed by atoms with van der Waals surface area (Å²) in [6, 6.07) is 13.4. The minimum Gasteiger partial charge on any atom is -0.495 e. The summed E-state index contributed by atoms with van der Waals surface area (Å²) in [5.41, 5.74) is 3.42. The molecule has 2 aromatic carbocycles. The molecule has 2 aromatic heterocycles. The van der Waals surface area contributed by atoms with Gasteiger partial charge in [-0.25, -0.2) is 14.6 Å². The van der Waals surface area contributed by atoms with Crippen LogP contribution < -0.4 is 14.8 Å². The van der Waals surface area contributed by atoms with Crippen LogP contribution in [0.3, 0.4) is 0 Å². The van der Waals surface area contributed by atoms with Gasteiger partial charge in [-0.1, -0.05) is 6.07 Å². The van der Waals surface area contributed by atoms with Gasteiger partial charge >= 0.3 is 0 Å². The van der Waals surface area contributed by atoms with Gasteiger partial charge in [0.15, 0.2) is 0 Å². The molecule has 0 saturated carbocycles. The Morgan fingerprint density at radius 2 is 1.91 bits per heavy atom. The predicted molar refractivity (Wildman–Crippen MR) is 161 cm³/mol. The third-order valence-electron chi connectivity index (χ3n) is 8.50. The lowest BCUT2D eigenvalue weighted by atomic mass is 9.71. The van der Waals surface area contributed by atoms with Gasteiger partial charge in [0.05, 0.1) is 44.2 Å². The number of nitriles is 1. The second kappa shape index (κ2) is 11.8. The summed E-state index contributed by atoms with van der Waals surface area (Å²) in [4.78, 5) is 26.5. The van der Waals surface area contributed by atoms with Crippen molar-refractivity contribution >= 4 is 17.5 Å². The standard InChI is InChI=1S/C31H32N10O4/c1-20(12-41-19-35-37-38-41)45-27-7-21(3-4-23(27)9-32)24-10-33-30(34-11-24)36-26-6-5-22(8-28(26)43-2)29(42)40-17-31(18-40)15-39(16-31)25-13-44-14-25/h3-8,10-11,19-20,25H,12-18H2,1-2H3,(H,33,34,36)/t20-/m0/s1. The third kappa shape index (κ3) is 5.75. The van der Waals surface area contributed by atoms with E-state index >= 15 is 0 Å². The number of hydrogen-bond donors (Lipinski definition) is 1.